The quantitative estimate of drug-likeness (QED) is 0.467. The zero-order valence-corrected chi connectivity index (χ0v) is 16.5. The minimum absolute atomic E-state index is 0.158. The Kier molecular flexibility index (Phi) is 5.66. The summed E-state index contributed by atoms with van der Waals surface area (Å²) < 4.78 is 0. The van der Waals surface area contributed by atoms with Crippen molar-refractivity contribution in [2.24, 2.45) is 0 Å². The van der Waals surface area contributed by atoms with Gasteiger partial charge in [0.2, 0.25) is 0 Å². The Balaban J connectivity index is 1.43. The summed E-state index contributed by atoms with van der Waals surface area (Å²) in [5.41, 5.74) is 5.14. The average molecular weight is 395 g/mol. The molecule has 1 amide bonds. The number of rotatable bonds is 6. The van der Waals surface area contributed by atoms with Crippen LogP contribution >= 0.6 is 0 Å². The minimum atomic E-state index is -0.158. The summed E-state index contributed by atoms with van der Waals surface area (Å²) in [5.74, 6) is -0.158. The zero-order valence-electron chi connectivity index (χ0n) is 16.5. The highest BCUT2D eigenvalue weighted by atomic mass is 16.1. The molecule has 0 radical (unpaired) electrons. The van der Waals surface area contributed by atoms with Crippen LogP contribution in [0, 0.1) is 0 Å². The zero-order chi connectivity index (χ0) is 20.8. The van der Waals surface area contributed by atoms with Crippen molar-refractivity contribution < 1.29 is 4.79 Å². The molecule has 4 rings (SSSR count). The van der Waals surface area contributed by atoms with E-state index in [4.69, 9.17) is 0 Å². The molecule has 0 spiro atoms. The number of amides is 1. The van der Waals surface area contributed by atoms with E-state index in [2.05, 4.69) is 20.6 Å². The standard InChI is InChI=1S/C24H21N5O/c1-29(23-11-15-26-16-12-23)22-7-5-18(6-8-22)24(30)28-21-4-2-3-20(17-21)27-19-9-13-25-14-10-19/h2-17H,1H3,(H,25,27)(H,28,30). The second kappa shape index (κ2) is 8.87. The van der Waals surface area contributed by atoms with E-state index in [0.29, 0.717) is 5.56 Å². The SMILES string of the molecule is CN(c1ccncc1)c1ccc(C(=O)Nc2cccc(Nc3ccncc3)c2)cc1. The van der Waals surface area contributed by atoms with E-state index < -0.39 is 0 Å². The molecule has 0 bridgehead atoms. The van der Waals surface area contributed by atoms with Crippen molar-refractivity contribution in [2.75, 3.05) is 22.6 Å². The van der Waals surface area contributed by atoms with E-state index in [0.717, 1.165) is 28.4 Å². The maximum Gasteiger partial charge on any atom is 0.255 e. The highest BCUT2D eigenvalue weighted by Crippen LogP contribution is 2.24. The molecule has 148 valence electrons. The van der Waals surface area contributed by atoms with Crippen molar-refractivity contribution >= 4 is 34.3 Å². The van der Waals surface area contributed by atoms with Gasteiger partial charge in [0.1, 0.15) is 0 Å². The van der Waals surface area contributed by atoms with Crippen molar-refractivity contribution in [3.8, 4) is 0 Å². The molecule has 6 nitrogen and oxygen atoms in total. The Morgan fingerprint density at radius 1 is 0.733 bits per heavy atom. The summed E-state index contributed by atoms with van der Waals surface area (Å²) in [6.45, 7) is 0. The summed E-state index contributed by atoms with van der Waals surface area (Å²) >= 11 is 0. The molecule has 0 saturated carbocycles. The first-order chi connectivity index (χ1) is 14.7. The molecule has 2 aromatic heterocycles. The highest BCUT2D eigenvalue weighted by molar-refractivity contribution is 6.04. The number of carbonyl (C=O) groups is 1. The van der Waals surface area contributed by atoms with Crippen LogP contribution in [0.1, 0.15) is 10.4 Å². The molecule has 0 saturated heterocycles. The minimum Gasteiger partial charge on any atom is -0.355 e. The third kappa shape index (κ3) is 4.62. The summed E-state index contributed by atoms with van der Waals surface area (Å²) in [6, 6.07) is 22.7. The maximum atomic E-state index is 12.7. The fourth-order valence-electron chi connectivity index (χ4n) is 3.03. The number of aromatic nitrogens is 2. The van der Waals surface area contributed by atoms with Crippen molar-refractivity contribution in [1.82, 2.24) is 9.97 Å². The number of hydrogen-bond donors (Lipinski definition) is 2. The Bertz CT molecular complexity index is 1120. The van der Waals surface area contributed by atoms with Gasteiger partial charge in [0.25, 0.3) is 5.91 Å². The van der Waals surface area contributed by atoms with Crippen LogP contribution in [0.5, 0.6) is 0 Å². The Labute approximate surface area is 175 Å². The first-order valence-electron chi connectivity index (χ1n) is 9.51. The molecule has 0 aliphatic rings. The molecule has 2 heterocycles. The Morgan fingerprint density at radius 3 is 2.03 bits per heavy atom. The van der Waals surface area contributed by atoms with E-state index in [-0.39, 0.29) is 5.91 Å². The van der Waals surface area contributed by atoms with E-state index in [1.807, 2.05) is 84.7 Å². The van der Waals surface area contributed by atoms with Crippen molar-refractivity contribution in [2.45, 2.75) is 0 Å². The van der Waals surface area contributed by atoms with Gasteiger partial charge in [0, 0.05) is 65.8 Å². The monoisotopic (exact) mass is 395 g/mol. The van der Waals surface area contributed by atoms with Crippen LogP contribution < -0.4 is 15.5 Å². The fraction of sp³-hybridized carbons (Fsp3) is 0.0417. The van der Waals surface area contributed by atoms with Crippen LogP contribution in [0.4, 0.5) is 28.4 Å². The molecular weight excluding hydrogens is 374 g/mol. The lowest BCUT2D eigenvalue weighted by molar-refractivity contribution is 0.102. The van der Waals surface area contributed by atoms with Crippen molar-refractivity contribution in [3.63, 3.8) is 0 Å². The van der Waals surface area contributed by atoms with Gasteiger partial charge < -0.3 is 15.5 Å². The van der Waals surface area contributed by atoms with Gasteiger partial charge in [-0.05, 0) is 66.7 Å². The third-order valence-electron chi connectivity index (χ3n) is 4.66. The second-order valence-electron chi connectivity index (χ2n) is 6.71. The summed E-state index contributed by atoms with van der Waals surface area (Å²) in [6.07, 6.45) is 6.96. The van der Waals surface area contributed by atoms with Gasteiger partial charge in [-0.3, -0.25) is 14.8 Å². The van der Waals surface area contributed by atoms with Gasteiger partial charge in [0.05, 0.1) is 0 Å². The highest BCUT2D eigenvalue weighted by Gasteiger charge is 2.09. The van der Waals surface area contributed by atoms with Crippen LogP contribution in [-0.2, 0) is 0 Å². The summed E-state index contributed by atoms with van der Waals surface area (Å²) in [4.78, 5) is 22.8. The number of nitrogens with zero attached hydrogens (tertiary/aromatic N) is 3. The molecule has 0 aliphatic heterocycles. The molecule has 4 aromatic rings. The van der Waals surface area contributed by atoms with Crippen molar-refractivity contribution in [1.29, 1.82) is 0 Å². The summed E-state index contributed by atoms with van der Waals surface area (Å²) in [5, 5.41) is 6.24. The second-order valence-corrected chi connectivity index (χ2v) is 6.71. The number of nitrogens with one attached hydrogen (secondary N) is 2. The lowest BCUT2D eigenvalue weighted by Crippen LogP contribution is -2.13. The Hall–Kier alpha value is -4.19. The molecule has 2 N–H and O–H groups in total. The molecular formula is C24H21N5O. The van der Waals surface area contributed by atoms with Gasteiger partial charge in [0.15, 0.2) is 0 Å². The van der Waals surface area contributed by atoms with Gasteiger partial charge in [-0.2, -0.15) is 0 Å². The van der Waals surface area contributed by atoms with Crippen LogP contribution in [0.25, 0.3) is 0 Å². The van der Waals surface area contributed by atoms with Crippen LogP contribution in [0.3, 0.4) is 0 Å². The lowest BCUT2D eigenvalue weighted by atomic mass is 10.1. The van der Waals surface area contributed by atoms with Crippen molar-refractivity contribution in [3.05, 3.63) is 103 Å². The van der Waals surface area contributed by atoms with E-state index in [9.17, 15) is 4.79 Å². The topological polar surface area (TPSA) is 70.2 Å². The third-order valence-corrected chi connectivity index (χ3v) is 4.66. The predicted molar refractivity (Wildman–Crippen MR) is 121 cm³/mol. The van der Waals surface area contributed by atoms with E-state index in [1.165, 1.54) is 0 Å². The normalized spacial score (nSPS) is 10.3. The smallest absolute Gasteiger partial charge is 0.255 e. The van der Waals surface area contributed by atoms with Crippen LogP contribution in [0.15, 0.2) is 97.6 Å². The van der Waals surface area contributed by atoms with E-state index in [1.54, 1.807) is 24.8 Å². The molecule has 0 unspecified atom stereocenters. The average Bonchev–Trinajstić information content (AvgIpc) is 2.80. The van der Waals surface area contributed by atoms with E-state index >= 15 is 0 Å². The number of anilines is 5. The molecule has 0 fully saturated rings. The number of hydrogen-bond acceptors (Lipinski definition) is 5. The van der Waals surface area contributed by atoms with Gasteiger partial charge in [-0.25, -0.2) is 0 Å². The number of benzene rings is 2. The summed E-state index contributed by atoms with van der Waals surface area (Å²) in [7, 11) is 1.98. The number of pyridine rings is 2. The predicted octanol–water partition coefficient (Wildman–Crippen LogP) is 5.24. The first kappa shape index (κ1) is 19.1. The molecule has 6 heteroatoms. The molecule has 0 aliphatic carbocycles. The molecule has 30 heavy (non-hydrogen) atoms. The van der Waals surface area contributed by atoms with Gasteiger partial charge >= 0.3 is 0 Å². The lowest BCUT2D eigenvalue weighted by Gasteiger charge is -2.19. The van der Waals surface area contributed by atoms with Gasteiger partial charge in [-0.1, -0.05) is 6.07 Å². The maximum absolute atomic E-state index is 12.7. The molecule has 0 atom stereocenters. The number of carbonyl (C=O) groups excluding carboxylic acids is 1. The van der Waals surface area contributed by atoms with Crippen LogP contribution in [0.2, 0.25) is 0 Å². The molecule has 2 aromatic carbocycles. The fourth-order valence-corrected chi connectivity index (χ4v) is 3.03. The first-order valence-corrected chi connectivity index (χ1v) is 9.51. The Morgan fingerprint density at radius 2 is 1.33 bits per heavy atom. The van der Waals surface area contributed by atoms with Crippen LogP contribution in [-0.4, -0.2) is 22.9 Å². The largest absolute Gasteiger partial charge is 0.355 e. The van der Waals surface area contributed by atoms with Gasteiger partial charge in [-0.15, -0.1) is 0 Å².